The van der Waals surface area contributed by atoms with Crippen LogP contribution < -0.4 is 11.1 Å². The van der Waals surface area contributed by atoms with E-state index in [0.717, 1.165) is 0 Å². The van der Waals surface area contributed by atoms with E-state index in [4.69, 9.17) is 34.0 Å². The first-order chi connectivity index (χ1) is 4.34. The number of rotatable bonds is 1. The Morgan fingerprint density at radius 1 is 1.50 bits per heavy atom. The molecule has 0 aromatic carbocycles. The van der Waals surface area contributed by atoms with Gasteiger partial charge in [-0.25, -0.2) is 4.79 Å². The van der Waals surface area contributed by atoms with Crippen LogP contribution in [0.15, 0.2) is 0 Å². The molecule has 5 nitrogen and oxygen atoms in total. The van der Waals surface area contributed by atoms with Gasteiger partial charge in [0, 0.05) is 0 Å². The highest BCUT2D eigenvalue weighted by molar-refractivity contribution is 6.57. The molecule has 58 valence electrons. The molecule has 0 aliphatic rings. The van der Waals surface area contributed by atoms with Gasteiger partial charge in [0.1, 0.15) is 0 Å². The van der Waals surface area contributed by atoms with E-state index in [1.54, 1.807) is 0 Å². The van der Waals surface area contributed by atoms with Crippen LogP contribution >= 0.6 is 23.2 Å². The lowest BCUT2D eigenvalue weighted by Gasteiger charge is -2.09. The van der Waals surface area contributed by atoms with E-state index in [0.29, 0.717) is 0 Å². The second-order valence-electron chi connectivity index (χ2n) is 1.38. The van der Waals surface area contributed by atoms with Gasteiger partial charge in [-0.3, -0.25) is 15.8 Å². The molecule has 10 heavy (non-hydrogen) atoms. The maximum atomic E-state index is 10.4. The summed E-state index contributed by atoms with van der Waals surface area (Å²) in [7, 11) is 0. The van der Waals surface area contributed by atoms with Crippen molar-refractivity contribution in [1.29, 1.82) is 0 Å². The van der Waals surface area contributed by atoms with Crippen LogP contribution in [0.2, 0.25) is 0 Å². The molecule has 0 aliphatic heterocycles. The minimum Gasteiger partial charge on any atom is -0.465 e. The number of carbonyl (C=O) groups is 2. The molecular formula is C3H4Cl2N2O3. The predicted molar refractivity (Wildman–Crippen MR) is 34.8 cm³/mol. The van der Waals surface area contributed by atoms with E-state index in [1.807, 2.05) is 0 Å². The zero-order valence-electron chi connectivity index (χ0n) is 4.60. The molecule has 0 rings (SSSR count). The van der Waals surface area contributed by atoms with Crippen molar-refractivity contribution in [2.24, 2.45) is 5.73 Å². The number of hydrogen-bond acceptors (Lipinski definition) is 3. The fourth-order valence-corrected chi connectivity index (χ4v) is 0.275. The Hall–Kier alpha value is -0.520. The molecule has 4 N–H and O–H groups in total. The molecule has 0 aliphatic carbocycles. The largest absolute Gasteiger partial charge is 0.465 e. The Morgan fingerprint density at radius 3 is 2.00 bits per heavy atom. The van der Waals surface area contributed by atoms with Crippen molar-refractivity contribution in [3.63, 3.8) is 0 Å². The zero-order chi connectivity index (χ0) is 8.36. The maximum absolute atomic E-state index is 10.4. The van der Waals surface area contributed by atoms with Gasteiger partial charge in [-0.05, 0) is 0 Å². The molecule has 0 fully saturated rings. The van der Waals surface area contributed by atoms with E-state index in [1.165, 1.54) is 5.32 Å². The highest BCUT2D eigenvalue weighted by atomic mass is 35.5. The summed E-state index contributed by atoms with van der Waals surface area (Å²) in [6, 6.07) is 0. The number of hydrogen-bond donors (Lipinski definition) is 3. The molecule has 0 unspecified atom stereocenters. The third-order valence-electron chi connectivity index (χ3n) is 0.523. The van der Waals surface area contributed by atoms with Gasteiger partial charge in [0.05, 0.1) is 0 Å². The van der Waals surface area contributed by atoms with Gasteiger partial charge in [-0.15, -0.1) is 0 Å². The number of imide groups is 1. The summed E-state index contributed by atoms with van der Waals surface area (Å²) in [6.07, 6.45) is -1.55. The number of amides is 2. The van der Waals surface area contributed by atoms with Crippen LogP contribution in [0, 0.1) is 0 Å². The van der Waals surface area contributed by atoms with Gasteiger partial charge in [-0.1, -0.05) is 23.2 Å². The summed E-state index contributed by atoms with van der Waals surface area (Å²) < 4.78 is -2.20. The number of carboxylic acid groups (broad SMARTS) is 1. The number of nitrogens with two attached hydrogens (primary N) is 1. The number of alkyl halides is 2. The van der Waals surface area contributed by atoms with Gasteiger partial charge in [0.25, 0.3) is 5.91 Å². The van der Waals surface area contributed by atoms with Crippen LogP contribution in [-0.2, 0) is 4.79 Å². The van der Waals surface area contributed by atoms with Crippen molar-refractivity contribution in [3.8, 4) is 0 Å². The number of halogens is 2. The number of nitrogens with one attached hydrogen (secondary N) is 1. The zero-order valence-corrected chi connectivity index (χ0v) is 6.11. The normalized spacial score (nSPS) is 10.7. The molecule has 0 saturated carbocycles. The average molecular weight is 187 g/mol. The summed E-state index contributed by atoms with van der Waals surface area (Å²) in [5.41, 5.74) is 4.78. The monoisotopic (exact) mass is 186 g/mol. The SMILES string of the molecule is NC(Cl)(Cl)C(=O)NC(=O)O. The lowest BCUT2D eigenvalue weighted by Crippen LogP contribution is -2.46. The highest BCUT2D eigenvalue weighted by Crippen LogP contribution is 2.11. The third kappa shape index (κ3) is 3.49. The fraction of sp³-hybridized carbons (Fsp3) is 0.333. The van der Waals surface area contributed by atoms with Crippen molar-refractivity contribution in [2.45, 2.75) is 4.46 Å². The molecular weight excluding hydrogens is 183 g/mol. The Bertz CT molecular complexity index is 164. The van der Waals surface area contributed by atoms with E-state index < -0.39 is 16.5 Å². The molecule has 0 bridgehead atoms. The van der Waals surface area contributed by atoms with Gasteiger partial charge in [-0.2, -0.15) is 0 Å². The smallest absolute Gasteiger partial charge is 0.411 e. The van der Waals surface area contributed by atoms with Gasteiger partial charge in [0.15, 0.2) is 0 Å². The summed E-state index contributed by atoms with van der Waals surface area (Å²) in [5.74, 6) is -1.18. The van der Waals surface area contributed by atoms with Crippen molar-refractivity contribution < 1.29 is 14.7 Å². The minimum atomic E-state index is -2.20. The Balaban J connectivity index is 3.99. The standard InChI is InChI=1S/C3H4Cl2N2O3/c4-3(5,6)1(8)7-2(9)10/h6H2,(H,7,8)(H,9,10). The average Bonchev–Trinajstić information content (AvgIpc) is 1.60. The van der Waals surface area contributed by atoms with Crippen LogP contribution in [0.3, 0.4) is 0 Å². The lowest BCUT2D eigenvalue weighted by atomic mass is 10.6. The van der Waals surface area contributed by atoms with Gasteiger partial charge < -0.3 is 5.11 Å². The Labute approximate surface area is 66.1 Å². The quantitative estimate of drug-likeness (QED) is 0.393. The van der Waals surface area contributed by atoms with E-state index in [9.17, 15) is 9.59 Å². The van der Waals surface area contributed by atoms with Crippen molar-refractivity contribution in [3.05, 3.63) is 0 Å². The van der Waals surface area contributed by atoms with Crippen LogP contribution in [-0.4, -0.2) is 21.6 Å². The van der Waals surface area contributed by atoms with E-state index in [-0.39, 0.29) is 0 Å². The topological polar surface area (TPSA) is 92.4 Å². The first-order valence-electron chi connectivity index (χ1n) is 2.05. The first-order valence-corrected chi connectivity index (χ1v) is 2.80. The lowest BCUT2D eigenvalue weighted by molar-refractivity contribution is -0.120. The third-order valence-corrected chi connectivity index (χ3v) is 0.866. The molecule has 0 atom stereocenters. The molecule has 7 heteroatoms. The van der Waals surface area contributed by atoms with Crippen molar-refractivity contribution >= 4 is 35.2 Å². The van der Waals surface area contributed by atoms with E-state index in [2.05, 4.69) is 0 Å². The second-order valence-corrected chi connectivity index (χ2v) is 2.77. The Kier molecular flexibility index (Phi) is 2.89. The van der Waals surface area contributed by atoms with Crippen LogP contribution in [0.5, 0.6) is 0 Å². The number of carbonyl (C=O) groups excluding carboxylic acids is 1. The van der Waals surface area contributed by atoms with Crippen LogP contribution in [0.1, 0.15) is 0 Å². The highest BCUT2D eigenvalue weighted by Gasteiger charge is 2.29. The molecule has 0 aromatic rings. The van der Waals surface area contributed by atoms with Gasteiger partial charge >= 0.3 is 6.09 Å². The first kappa shape index (κ1) is 9.48. The molecule has 0 heterocycles. The van der Waals surface area contributed by atoms with Crippen LogP contribution in [0.4, 0.5) is 4.79 Å². The maximum Gasteiger partial charge on any atom is 0.411 e. The molecule has 0 spiro atoms. The summed E-state index contributed by atoms with van der Waals surface area (Å²) in [5, 5.41) is 9.31. The van der Waals surface area contributed by atoms with Crippen molar-refractivity contribution in [2.75, 3.05) is 0 Å². The summed E-state index contributed by atoms with van der Waals surface area (Å²) in [6.45, 7) is 0. The molecule has 0 saturated heterocycles. The summed E-state index contributed by atoms with van der Waals surface area (Å²) in [4.78, 5) is 20.1. The second kappa shape index (κ2) is 3.05. The summed E-state index contributed by atoms with van der Waals surface area (Å²) >= 11 is 9.99. The fourth-order valence-electron chi connectivity index (χ4n) is 0.180. The molecule has 2 amide bonds. The Morgan fingerprint density at radius 2 is 1.90 bits per heavy atom. The van der Waals surface area contributed by atoms with Crippen molar-refractivity contribution in [1.82, 2.24) is 5.32 Å². The molecule has 0 radical (unpaired) electrons. The minimum absolute atomic E-state index is 1.18. The van der Waals surface area contributed by atoms with E-state index >= 15 is 0 Å². The molecule has 0 aromatic heterocycles. The predicted octanol–water partition coefficient (Wildman–Crippen LogP) is -0.129. The van der Waals surface area contributed by atoms with Gasteiger partial charge in [0.2, 0.25) is 4.46 Å². The van der Waals surface area contributed by atoms with Crippen LogP contribution in [0.25, 0.3) is 0 Å².